The summed E-state index contributed by atoms with van der Waals surface area (Å²) in [6.07, 6.45) is 0. The monoisotopic (exact) mass is 786 g/mol. The number of rotatable bonds is 4. The van der Waals surface area contributed by atoms with Gasteiger partial charge in [0.2, 0.25) is 0 Å². The molecule has 0 saturated heterocycles. The Kier molecular flexibility index (Phi) is 7.38. The molecule has 0 aromatic heterocycles. The van der Waals surface area contributed by atoms with E-state index in [1.807, 2.05) is 0 Å². The quantitative estimate of drug-likeness (QED) is 0.156. The normalized spacial score (nSPS) is 12.2. The van der Waals surface area contributed by atoms with Crippen LogP contribution in [0, 0.1) is 27.7 Å². The minimum atomic E-state index is 1.23. The lowest BCUT2D eigenvalue weighted by molar-refractivity contribution is 1.39. The highest BCUT2D eigenvalue weighted by Crippen LogP contribution is 2.60. The Morgan fingerprint density at radius 1 is 0.242 bits per heavy atom. The molecule has 2 aliphatic carbocycles. The Bertz CT molecular complexity index is 3740. The van der Waals surface area contributed by atoms with Crippen molar-refractivity contribution < 1.29 is 0 Å². The molecule has 0 radical (unpaired) electrons. The lowest BCUT2D eigenvalue weighted by atomic mass is 9.79. The van der Waals surface area contributed by atoms with E-state index in [0.717, 1.165) is 0 Å². The molecule has 0 spiro atoms. The van der Waals surface area contributed by atoms with E-state index in [2.05, 4.69) is 210 Å². The average Bonchev–Trinajstić information content (AvgIpc) is 3.81. The minimum absolute atomic E-state index is 1.23. The smallest absolute Gasteiger partial charge is 0.000708 e. The standard InChI is InChI=1S/C62H42/c1-35-21-23-37(3)51(29-35)59-50-26-25-41(44-27-28-49-46-18-11-10-17-45(46)48-20-12-19-47(44)57(48)49)31-54(50)60(52-30-36(2)22-24-38(52)4)62-55-32-40-15-8-9-16-43(40)53-33-42(39-13-6-5-7-14-39)34-56(58(53)55)61(59)62/h5-34H,1-4H3. The van der Waals surface area contributed by atoms with Crippen LogP contribution in [0.5, 0.6) is 0 Å². The number of hydrogen-bond acceptors (Lipinski definition) is 0. The van der Waals surface area contributed by atoms with Crippen LogP contribution in [-0.2, 0) is 0 Å². The van der Waals surface area contributed by atoms with E-state index < -0.39 is 0 Å². The second-order valence-electron chi connectivity index (χ2n) is 17.8. The van der Waals surface area contributed by atoms with Crippen molar-refractivity contribution in [1.82, 2.24) is 0 Å². The summed E-state index contributed by atoms with van der Waals surface area (Å²) in [6.45, 7) is 9.05. The summed E-state index contributed by atoms with van der Waals surface area (Å²) in [5, 5.41) is 10.4. The van der Waals surface area contributed by atoms with Crippen molar-refractivity contribution in [2.75, 3.05) is 0 Å². The van der Waals surface area contributed by atoms with Gasteiger partial charge in [-0.1, -0.05) is 169 Å². The van der Waals surface area contributed by atoms with Gasteiger partial charge in [-0.2, -0.15) is 0 Å². The number of aryl methyl sites for hydroxylation is 4. The third-order valence-electron chi connectivity index (χ3n) is 14.1. The maximum absolute atomic E-state index is 2.53. The first-order chi connectivity index (χ1) is 30.4. The highest BCUT2D eigenvalue weighted by molar-refractivity contribution is 6.32. The Morgan fingerprint density at radius 3 is 1.55 bits per heavy atom. The molecule has 0 N–H and O–H groups in total. The van der Waals surface area contributed by atoms with E-state index in [0.29, 0.717) is 0 Å². The van der Waals surface area contributed by atoms with Crippen molar-refractivity contribution in [3.63, 3.8) is 0 Å². The van der Waals surface area contributed by atoms with E-state index >= 15 is 0 Å². The van der Waals surface area contributed by atoms with Crippen LogP contribution in [0.1, 0.15) is 22.3 Å². The maximum Gasteiger partial charge on any atom is -0.000708 e. The topological polar surface area (TPSA) is 0 Å². The van der Waals surface area contributed by atoms with Crippen LogP contribution in [0.25, 0.3) is 132 Å². The van der Waals surface area contributed by atoms with Crippen molar-refractivity contribution >= 4 is 43.1 Å². The first-order valence-corrected chi connectivity index (χ1v) is 21.9. The van der Waals surface area contributed by atoms with Crippen LogP contribution in [0.4, 0.5) is 0 Å². The first-order valence-electron chi connectivity index (χ1n) is 21.9. The highest BCUT2D eigenvalue weighted by Gasteiger charge is 2.33. The molecule has 0 atom stereocenters. The largest absolute Gasteiger partial charge is 0.0622 e. The van der Waals surface area contributed by atoms with Crippen molar-refractivity contribution in [3.05, 3.63) is 204 Å². The molecular weight excluding hydrogens is 745 g/mol. The number of fused-ring (bicyclic) bond motifs is 9. The van der Waals surface area contributed by atoms with Gasteiger partial charge in [0.1, 0.15) is 0 Å². The predicted octanol–water partition coefficient (Wildman–Crippen LogP) is 17.5. The minimum Gasteiger partial charge on any atom is -0.0622 e. The second-order valence-corrected chi connectivity index (χ2v) is 17.8. The average molecular weight is 787 g/mol. The third-order valence-corrected chi connectivity index (χ3v) is 14.1. The molecule has 0 amide bonds. The van der Waals surface area contributed by atoms with Crippen molar-refractivity contribution in [3.8, 4) is 89.0 Å². The van der Waals surface area contributed by atoms with E-state index in [9.17, 15) is 0 Å². The highest BCUT2D eigenvalue weighted by atomic mass is 14.4. The van der Waals surface area contributed by atoms with E-state index in [-0.39, 0.29) is 0 Å². The number of hydrogen-bond donors (Lipinski definition) is 0. The summed E-state index contributed by atoms with van der Waals surface area (Å²) in [5.41, 5.74) is 25.9. The molecule has 0 heterocycles. The van der Waals surface area contributed by atoms with Crippen molar-refractivity contribution in [2.24, 2.45) is 0 Å². The molecule has 0 aliphatic heterocycles. The van der Waals surface area contributed by atoms with Gasteiger partial charge in [0, 0.05) is 0 Å². The van der Waals surface area contributed by atoms with Gasteiger partial charge in [-0.3, -0.25) is 0 Å². The number of benzene rings is 11. The zero-order chi connectivity index (χ0) is 41.4. The first kappa shape index (κ1) is 35.2. The van der Waals surface area contributed by atoms with Gasteiger partial charge in [0.05, 0.1) is 0 Å². The van der Waals surface area contributed by atoms with E-state index in [4.69, 9.17) is 0 Å². The van der Waals surface area contributed by atoms with Gasteiger partial charge < -0.3 is 0 Å². The van der Waals surface area contributed by atoms with Crippen LogP contribution >= 0.6 is 0 Å². The SMILES string of the molecule is Cc1ccc(C)c(-c2c3c(c(-c4cc(C)ccc4C)c4cc(-c5ccc6c7c(cccc57)-c5ccccc5-6)ccc24)-c2cc4ccccc4c4cc(-c5ccccc5)cc-3c24)c1. The Labute approximate surface area is 362 Å². The van der Waals surface area contributed by atoms with Crippen LogP contribution < -0.4 is 0 Å². The van der Waals surface area contributed by atoms with E-state index in [1.54, 1.807) is 0 Å². The van der Waals surface area contributed by atoms with Gasteiger partial charge >= 0.3 is 0 Å². The second kappa shape index (κ2) is 13.0. The van der Waals surface area contributed by atoms with Crippen molar-refractivity contribution in [2.45, 2.75) is 27.7 Å². The van der Waals surface area contributed by atoms with E-state index in [1.165, 1.54) is 154 Å². The van der Waals surface area contributed by atoms with Gasteiger partial charge in [-0.15, -0.1) is 0 Å². The van der Waals surface area contributed by atoms with Crippen LogP contribution in [-0.4, -0.2) is 0 Å². The summed E-state index contributed by atoms with van der Waals surface area (Å²) >= 11 is 0. The third kappa shape index (κ3) is 4.90. The summed E-state index contributed by atoms with van der Waals surface area (Å²) in [4.78, 5) is 0. The molecule has 62 heavy (non-hydrogen) atoms. The zero-order valence-electron chi connectivity index (χ0n) is 35.3. The van der Waals surface area contributed by atoms with Crippen LogP contribution in [0.15, 0.2) is 182 Å². The molecule has 0 nitrogen and oxygen atoms in total. The molecular formula is C62H42. The Morgan fingerprint density at radius 2 is 0.806 bits per heavy atom. The van der Waals surface area contributed by atoms with Gasteiger partial charge in [-0.05, 0) is 195 Å². The molecule has 11 aromatic rings. The molecule has 0 heteroatoms. The molecule has 0 fully saturated rings. The van der Waals surface area contributed by atoms with Crippen molar-refractivity contribution in [1.29, 1.82) is 0 Å². The Balaban J connectivity index is 1.22. The summed E-state index contributed by atoms with van der Waals surface area (Å²) in [7, 11) is 0. The molecule has 0 bridgehead atoms. The van der Waals surface area contributed by atoms with Crippen LogP contribution in [0.3, 0.4) is 0 Å². The molecule has 13 rings (SSSR count). The fourth-order valence-corrected chi connectivity index (χ4v) is 11.3. The van der Waals surface area contributed by atoms with Gasteiger partial charge in [0.15, 0.2) is 0 Å². The zero-order valence-corrected chi connectivity index (χ0v) is 35.3. The van der Waals surface area contributed by atoms with Gasteiger partial charge in [-0.25, -0.2) is 0 Å². The maximum atomic E-state index is 2.53. The summed E-state index contributed by atoms with van der Waals surface area (Å²) in [5.74, 6) is 0. The molecule has 290 valence electrons. The summed E-state index contributed by atoms with van der Waals surface area (Å²) in [6, 6.07) is 69.2. The molecule has 0 unspecified atom stereocenters. The Hall–Kier alpha value is -7.54. The van der Waals surface area contributed by atoms with Gasteiger partial charge in [0.25, 0.3) is 0 Å². The predicted molar refractivity (Wildman–Crippen MR) is 266 cm³/mol. The molecule has 11 aromatic carbocycles. The fourth-order valence-electron chi connectivity index (χ4n) is 11.3. The molecule has 0 saturated carbocycles. The lowest BCUT2D eigenvalue weighted by Gasteiger charge is -2.23. The van der Waals surface area contributed by atoms with Crippen LogP contribution in [0.2, 0.25) is 0 Å². The fraction of sp³-hybridized carbons (Fsp3) is 0.0645. The lowest BCUT2D eigenvalue weighted by Crippen LogP contribution is -1.97. The summed E-state index contributed by atoms with van der Waals surface area (Å²) < 4.78 is 0. The molecule has 2 aliphatic rings.